The molecule has 1 N–H and O–H groups in total. The fourth-order valence-corrected chi connectivity index (χ4v) is 5.35. The normalized spacial score (nSPS) is 15.3. The zero-order valence-electron chi connectivity index (χ0n) is 15.8. The van der Waals surface area contributed by atoms with Crippen molar-refractivity contribution in [2.24, 2.45) is 0 Å². The van der Waals surface area contributed by atoms with Crippen molar-refractivity contribution in [3.63, 3.8) is 0 Å². The summed E-state index contributed by atoms with van der Waals surface area (Å²) >= 11 is 1.27. The third kappa shape index (κ3) is 4.15. The Bertz CT molecular complexity index is 944. The van der Waals surface area contributed by atoms with Crippen LogP contribution < -0.4 is 5.32 Å². The first-order valence-corrected chi connectivity index (χ1v) is 10.8. The lowest BCUT2D eigenvalue weighted by Crippen LogP contribution is -2.35. The van der Waals surface area contributed by atoms with E-state index in [1.54, 1.807) is 12.1 Å². The predicted octanol–water partition coefficient (Wildman–Crippen LogP) is 3.37. The minimum atomic E-state index is -3.59. The predicted molar refractivity (Wildman–Crippen MR) is 105 cm³/mol. The molecule has 0 saturated heterocycles. The number of nitrogens with one attached hydrogen (secondary N) is 1. The lowest BCUT2D eigenvalue weighted by atomic mass is 9.87. The standard InChI is InChI=1S/C18H23N3O4S2/c1-18(2,3)12-5-7-13(8-6-12)27(23,24)21-10-9-14-15(11-21)26-16(19-14)20-17(22)25-4/h5-8H,9-11H2,1-4H3,(H,19,20,22). The van der Waals surface area contributed by atoms with E-state index in [1.807, 2.05) is 12.1 Å². The van der Waals surface area contributed by atoms with Gasteiger partial charge in [0.1, 0.15) is 0 Å². The number of thiazole rings is 1. The van der Waals surface area contributed by atoms with Gasteiger partial charge in [-0.25, -0.2) is 18.2 Å². The van der Waals surface area contributed by atoms with Gasteiger partial charge in [-0.3, -0.25) is 5.32 Å². The summed E-state index contributed by atoms with van der Waals surface area (Å²) in [4.78, 5) is 16.8. The van der Waals surface area contributed by atoms with Gasteiger partial charge in [-0.2, -0.15) is 4.31 Å². The number of amides is 1. The van der Waals surface area contributed by atoms with Crippen LogP contribution in [0.3, 0.4) is 0 Å². The van der Waals surface area contributed by atoms with Crippen molar-refractivity contribution in [3.8, 4) is 0 Å². The number of carbonyl (C=O) groups excluding carboxylic acids is 1. The van der Waals surface area contributed by atoms with Gasteiger partial charge in [0.05, 0.1) is 24.2 Å². The van der Waals surface area contributed by atoms with Crippen molar-refractivity contribution >= 4 is 32.6 Å². The summed E-state index contributed by atoms with van der Waals surface area (Å²) in [7, 11) is -2.31. The highest BCUT2D eigenvalue weighted by molar-refractivity contribution is 7.89. The van der Waals surface area contributed by atoms with Gasteiger partial charge in [-0.05, 0) is 23.1 Å². The molecule has 0 fully saturated rings. The Morgan fingerprint density at radius 3 is 2.52 bits per heavy atom. The van der Waals surface area contributed by atoms with E-state index in [1.165, 1.54) is 22.8 Å². The molecule has 0 unspecified atom stereocenters. The second-order valence-electron chi connectivity index (χ2n) is 7.37. The molecule has 1 amide bonds. The minimum absolute atomic E-state index is 0.0337. The van der Waals surface area contributed by atoms with Crippen molar-refractivity contribution in [2.75, 3.05) is 19.0 Å². The Morgan fingerprint density at radius 1 is 1.26 bits per heavy atom. The van der Waals surface area contributed by atoms with E-state index in [9.17, 15) is 13.2 Å². The smallest absolute Gasteiger partial charge is 0.413 e. The van der Waals surface area contributed by atoms with Crippen LogP contribution in [0.1, 0.15) is 36.9 Å². The molecule has 1 aliphatic heterocycles. The summed E-state index contributed by atoms with van der Waals surface area (Å²) in [6.07, 6.45) is -0.0851. The molecule has 0 bridgehead atoms. The van der Waals surface area contributed by atoms with E-state index >= 15 is 0 Å². The Hall–Kier alpha value is -1.97. The molecular weight excluding hydrogens is 386 g/mol. The summed E-state index contributed by atoms with van der Waals surface area (Å²) < 4.78 is 32.0. The maximum Gasteiger partial charge on any atom is 0.413 e. The average Bonchev–Trinajstić information content (AvgIpc) is 3.02. The molecule has 2 heterocycles. The number of methoxy groups -OCH3 is 1. The van der Waals surface area contributed by atoms with Gasteiger partial charge in [0.15, 0.2) is 5.13 Å². The van der Waals surface area contributed by atoms with Crippen LogP contribution in [0, 0.1) is 0 Å². The van der Waals surface area contributed by atoms with E-state index in [0.717, 1.165) is 16.1 Å². The number of aromatic nitrogens is 1. The summed E-state index contributed by atoms with van der Waals surface area (Å²) in [5.74, 6) is 0. The molecule has 7 nitrogen and oxygen atoms in total. The van der Waals surface area contributed by atoms with E-state index in [4.69, 9.17) is 0 Å². The van der Waals surface area contributed by atoms with Gasteiger partial charge in [0.2, 0.25) is 10.0 Å². The zero-order chi connectivity index (χ0) is 19.8. The first kappa shape index (κ1) is 19.8. The Balaban J connectivity index is 1.80. The van der Waals surface area contributed by atoms with Crippen molar-refractivity contribution in [3.05, 3.63) is 40.4 Å². The second-order valence-corrected chi connectivity index (χ2v) is 10.4. The van der Waals surface area contributed by atoms with E-state index in [0.29, 0.717) is 18.1 Å². The van der Waals surface area contributed by atoms with Gasteiger partial charge in [0, 0.05) is 17.8 Å². The molecule has 146 valence electrons. The Morgan fingerprint density at radius 2 is 1.93 bits per heavy atom. The van der Waals surface area contributed by atoms with Crippen molar-refractivity contribution in [1.29, 1.82) is 0 Å². The molecule has 2 aromatic rings. The highest BCUT2D eigenvalue weighted by Crippen LogP contribution is 2.32. The molecule has 0 saturated carbocycles. The third-order valence-corrected chi connectivity index (χ3v) is 7.31. The SMILES string of the molecule is COC(=O)Nc1nc2c(s1)CN(S(=O)(=O)c1ccc(C(C)(C)C)cc1)CC2. The molecular formula is C18H23N3O4S2. The number of benzene rings is 1. The molecule has 0 atom stereocenters. The first-order chi connectivity index (χ1) is 12.6. The van der Waals surface area contributed by atoms with Crippen molar-refractivity contribution < 1.29 is 17.9 Å². The third-order valence-electron chi connectivity index (χ3n) is 4.45. The number of ether oxygens (including phenoxy) is 1. The van der Waals surface area contributed by atoms with Crippen molar-refractivity contribution in [2.45, 2.75) is 44.0 Å². The fraction of sp³-hybridized carbons (Fsp3) is 0.444. The number of hydrogen-bond acceptors (Lipinski definition) is 6. The molecule has 0 radical (unpaired) electrons. The summed E-state index contributed by atoms with van der Waals surface area (Å²) in [6, 6.07) is 7.07. The summed E-state index contributed by atoms with van der Waals surface area (Å²) in [5, 5.41) is 2.95. The molecule has 0 aliphatic carbocycles. The van der Waals surface area contributed by atoms with Gasteiger partial charge >= 0.3 is 6.09 Å². The van der Waals surface area contributed by atoms with E-state index in [2.05, 4.69) is 35.8 Å². The highest BCUT2D eigenvalue weighted by Gasteiger charge is 2.31. The number of nitrogens with zero attached hydrogens (tertiary/aromatic N) is 2. The maximum absolute atomic E-state index is 13.0. The van der Waals surface area contributed by atoms with Crippen LogP contribution >= 0.6 is 11.3 Å². The van der Waals surface area contributed by atoms with Crippen LogP contribution in [0.25, 0.3) is 0 Å². The number of anilines is 1. The number of sulfonamides is 1. The van der Waals surface area contributed by atoms with Crippen LogP contribution in [0.2, 0.25) is 0 Å². The monoisotopic (exact) mass is 409 g/mol. The quantitative estimate of drug-likeness (QED) is 0.840. The van der Waals surface area contributed by atoms with Crippen LogP contribution in [-0.2, 0) is 33.1 Å². The van der Waals surface area contributed by atoms with Crippen LogP contribution in [0.5, 0.6) is 0 Å². The minimum Gasteiger partial charge on any atom is -0.453 e. The summed E-state index contributed by atoms with van der Waals surface area (Å²) in [5.41, 5.74) is 1.87. The van der Waals surface area contributed by atoms with Crippen LogP contribution in [0.4, 0.5) is 9.93 Å². The molecule has 1 aliphatic rings. The van der Waals surface area contributed by atoms with Gasteiger partial charge in [-0.15, -0.1) is 0 Å². The zero-order valence-corrected chi connectivity index (χ0v) is 17.4. The van der Waals surface area contributed by atoms with Gasteiger partial charge in [-0.1, -0.05) is 44.2 Å². The Kier molecular flexibility index (Phi) is 5.29. The van der Waals surface area contributed by atoms with Gasteiger partial charge in [0.25, 0.3) is 0 Å². The molecule has 3 rings (SSSR count). The number of hydrogen-bond donors (Lipinski definition) is 1. The van der Waals surface area contributed by atoms with Crippen LogP contribution in [-0.4, -0.2) is 37.5 Å². The molecule has 0 spiro atoms. The van der Waals surface area contributed by atoms with E-state index < -0.39 is 16.1 Å². The lowest BCUT2D eigenvalue weighted by Gasteiger charge is -2.26. The van der Waals surface area contributed by atoms with Crippen LogP contribution in [0.15, 0.2) is 29.2 Å². The maximum atomic E-state index is 13.0. The number of rotatable bonds is 3. The molecule has 1 aromatic carbocycles. The number of carbonyl (C=O) groups is 1. The average molecular weight is 410 g/mol. The molecule has 1 aromatic heterocycles. The van der Waals surface area contributed by atoms with E-state index in [-0.39, 0.29) is 16.9 Å². The second kappa shape index (κ2) is 7.21. The topological polar surface area (TPSA) is 88.6 Å². The highest BCUT2D eigenvalue weighted by atomic mass is 32.2. The fourth-order valence-electron chi connectivity index (χ4n) is 2.84. The van der Waals surface area contributed by atoms with Gasteiger partial charge < -0.3 is 4.74 Å². The van der Waals surface area contributed by atoms with Crippen molar-refractivity contribution in [1.82, 2.24) is 9.29 Å². The molecule has 27 heavy (non-hydrogen) atoms. The molecule has 9 heteroatoms. The number of fused-ring (bicyclic) bond motifs is 1. The Labute approximate surface area is 163 Å². The largest absolute Gasteiger partial charge is 0.453 e. The summed E-state index contributed by atoms with van der Waals surface area (Å²) in [6.45, 7) is 6.88. The lowest BCUT2D eigenvalue weighted by molar-refractivity contribution is 0.187. The first-order valence-electron chi connectivity index (χ1n) is 8.55.